The zero-order valence-electron chi connectivity index (χ0n) is 20.8. The SMILES string of the molecule is CCOC(=O)C1=C(C)N=c2s/c(=C\c3cc(Br)c(Sc4ncccn4)o3)c(=O)n2[C@H]1c1cc(Br)ccc1OC. The van der Waals surface area contributed by atoms with Crippen molar-refractivity contribution >= 4 is 67.0 Å². The molecule has 0 saturated heterocycles. The Morgan fingerprint density at radius 3 is 2.74 bits per heavy atom. The van der Waals surface area contributed by atoms with E-state index in [9.17, 15) is 9.59 Å². The molecule has 13 heteroatoms. The summed E-state index contributed by atoms with van der Waals surface area (Å²) in [4.78, 5) is 40.5. The van der Waals surface area contributed by atoms with Gasteiger partial charge in [-0.15, -0.1) is 0 Å². The Bertz CT molecular complexity index is 1780. The monoisotopic (exact) mass is 690 g/mol. The third kappa shape index (κ3) is 5.53. The van der Waals surface area contributed by atoms with Gasteiger partial charge in [0.2, 0.25) is 0 Å². The van der Waals surface area contributed by atoms with Gasteiger partial charge in [0.05, 0.1) is 34.0 Å². The average molecular weight is 692 g/mol. The van der Waals surface area contributed by atoms with Crippen molar-refractivity contribution < 1.29 is 18.7 Å². The molecule has 3 aromatic heterocycles. The minimum Gasteiger partial charge on any atom is -0.496 e. The zero-order valence-corrected chi connectivity index (χ0v) is 25.6. The Morgan fingerprint density at radius 1 is 1.26 bits per heavy atom. The molecule has 0 amide bonds. The third-order valence-electron chi connectivity index (χ3n) is 5.68. The second-order valence-corrected chi connectivity index (χ2v) is 11.8. The maximum absolute atomic E-state index is 13.9. The molecule has 5 rings (SSSR count). The number of carbonyl (C=O) groups is 1. The largest absolute Gasteiger partial charge is 0.496 e. The van der Waals surface area contributed by atoms with Crippen molar-refractivity contribution in [3.05, 3.63) is 94.0 Å². The highest BCUT2D eigenvalue weighted by Gasteiger charge is 2.35. The number of carbonyl (C=O) groups excluding carboxylic acids is 1. The molecular weight excluding hydrogens is 672 g/mol. The van der Waals surface area contributed by atoms with Crippen molar-refractivity contribution in [3.8, 4) is 5.75 Å². The van der Waals surface area contributed by atoms with Gasteiger partial charge in [-0.25, -0.2) is 19.8 Å². The van der Waals surface area contributed by atoms with Crippen molar-refractivity contribution in [3.63, 3.8) is 0 Å². The molecule has 0 N–H and O–H groups in total. The molecule has 4 heterocycles. The highest BCUT2D eigenvalue weighted by atomic mass is 79.9. The fraction of sp³-hybridized carbons (Fsp3) is 0.192. The number of allylic oxidation sites excluding steroid dienone is 1. The Kier molecular flexibility index (Phi) is 8.21. The molecule has 0 saturated carbocycles. The van der Waals surface area contributed by atoms with E-state index in [1.165, 1.54) is 27.7 Å². The first-order chi connectivity index (χ1) is 18.8. The minimum atomic E-state index is -0.806. The summed E-state index contributed by atoms with van der Waals surface area (Å²) < 4.78 is 20.3. The lowest BCUT2D eigenvalue weighted by atomic mass is 9.95. The van der Waals surface area contributed by atoms with Gasteiger partial charge < -0.3 is 13.9 Å². The number of nitrogens with zero attached hydrogens (tertiary/aromatic N) is 4. The summed E-state index contributed by atoms with van der Waals surface area (Å²) in [6.45, 7) is 3.65. The van der Waals surface area contributed by atoms with Crippen molar-refractivity contribution in [2.75, 3.05) is 13.7 Å². The molecule has 200 valence electrons. The number of aromatic nitrogens is 3. The summed E-state index contributed by atoms with van der Waals surface area (Å²) in [5.74, 6) is 0.442. The summed E-state index contributed by atoms with van der Waals surface area (Å²) >= 11 is 9.48. The van der Waals surface area contributed by atoms with Gasteiger partial charge in [-0.3, -0.25) is 9.36 Å². The maximum atomic E-state index is 13.9. The van der Waals surface area contributed by atoms with Gasteiger partial charge >= 0.3 is 5.97 Å². The molecule has 4 aromatic rings. The van der Waals surface area contributed by atoms with E-state index in [1.807, 2.05) is 12.1 Å². The Morgan fingerprint density at radius 2 is 2.03 bits per heavy atom. The normalized spacial score (nSPS) is 15.2. The smallest absolute Gasteiger partial charge is 0.338 e. The lowest BCUT2D eigenvalue weighted by molar-refractivity contribution is -0.139. The second-order valence-electron chi connectivity index (χ2n) is 8.11. The summed E-state index contributed by atoms with van der Waals surface area (Å²) in [5, 5.41) is 1.08. The summed E-state index contributed by atoms with van der Waals surface area (Å²) in [6.07, 6.45) is 4.96. The summed E-state index contributed by atoms with van der Waals surface area (Å²) in [5.41, 5.74) is 1.04. The molecule has 1 atom stereocenters. The van der Waals surface area contributed by atoms with E-state index in [1.54, 1.807) is 57.6 Å². The van der Waals surface area contributed by atoms with E-state index in [0.717, 1.165) is 4.47 Å². The number of esters is 1. The molecule has 1 aromatic carbocycles. The number of thiazole rings is 1. The molecule has 0 spiro atoms. The topological polar surface area (TPSA) is 109 Å². The van der Waals surface area contributed by atoms with Gasteiger partial charge in [-0.1, -0.05) is 27.3 Å². The molecule has 0 unspecified atom stereocenters. The van der Waals surface area contributed by atoms with E-state index < -0.39 is 12.0 Å². The number of furan rings is 1. The molecular formula is C26H20Br2N4O5S2. The molecule has 0 radical (unpaired) electrons. The Balaban J connectivity index is 1.66. The molecule has 9 nitrogen and oxygen atoms in total. The average Bonchev–Trinajstić information content (AvgIpc) is 3.41. The first-order valence-electron chi connectivity index (χ1n) is 11.6. The maximum Gasteiger partial charge on any atom is 0.338 e. The summed E-state index contributed by atoms with van der Waals surface area (Å²) in [7, 11) is 1.54. The van der Waals surface area contributed by atoms with Crippen molar-refractivity contribution in [1.82, 2.24) is 14.5 Å². The van der Waals surface area contributed by atoms with Gasteiger partial charge in [-0.05, 0) is 71.9 Å². The fourth-order valence-electron chi connectivity index (χ4n) is 4.06. The van der Waals surface area contributed by atoms with Crippen LogP contribution in [0.3, 0.4) is 0 Å². The van der Waals surface area contributed by atoms with Crippen LogP contribution in [0.5, 0.6) is 5.75 Å². The minimum absolute atomic E-state index is 0.185. The molecule has 0 fully saturated rings. The van der Waals surface area contributed by atoms with Crippen LogP contribution < -0.4 is 19.6 Å². The van der Waals surface area contributed by atoms with Crippen LogP contribution in [0.2, 0.25) is 0 Å². The van der Waals surface area contributed by atoms with Gasteiger partial charge in [0, 0.05) is 28.5 Å². The van der Waals surface area contributed by atoms with Gasteiger partial charge in [0.15, 0.2) is 15.1 Å². The summed E-state index contributed by atoms with van der Waals surface area (Å²) in [6, 6.07) is 8.14. The quantitative estimate of drug-likeness (QED) is 0.200. The van der Waals surface area contributed by atoms with Crippen LogP contribution in [0, 0.1) is 0 Å². The van der Waals surface area contributed by atoms with Crippen LogP contribution in [-0.4, -0.2) is 34.2 Å². The Hall–Kier alpha value is -3.00. The van der Waals surface area contributed by atoms with E-state index in [-0.39, 0.29) is 17.7 Å². The molecule has 1 aliphatic rings. The molecule has 1 aliphatic heterocycles. The molecule has 0 aliphatic carbocycles. The second kappa shape index (κ2) is 11.6. The highest BCUT2D eigenvalue weighted by Crippen LogP contribution is 2.37. The van der Waals surface area contributed by atoms with Gasteiger partial charge in [0.1, 0.15) is 17.6 Å². The number of hydrogen-bond donors (Lipinski definition) is 0. The predicted octanol–water partition coefficient (Wildman–Crippen LogP) is 4.87. The van der Waals surface area contributed by atoms with Crippen LogP contribution in [0.15, 0.2) is 87.4 Å². The van der Waals surface area contributed by atoms with E-state index in [0.29, 0.717) is 46.8 Å². The first-order valence-corrected chi connectivity index (χ1v) is 14.8. The number of fused-ring (bicyclic) bond motifs is 1. The van der Waals surface area contributed by atoms with E-state index in [2.05, 4.69) is 46.8 Å². The predicted molar refractivity (Wildman–Crippen MR) is 154 cm³/mol. The highest BCUT2D eigenvalue weighted by molar-refractivity contribution is 9.10. The van der Waals surface area contributed by atoms with E-state index in [4.69, 9.17) is 13.9 Å². The van der Waals surface area contributed by atoms with Crippen molar-refractivity contribution in [1.29, 1.82) is 0 Å². The number of benzene rings is 1. The van der Waals surface area contributed by atoms with Gasteiger partial charge in [-0.2, -0.15) is 0 Å². The van der Waals surface area contributed by atoms with Crippen LogP contribution >= 0.6 is 55.0 Å². The number of halogens is 2. The van der Waals surface area contributed by atoms with Crippen LogP contribution in [0.25, 0.3) is 6.08 Å². The first kappa shape index (κ1) is 27.6. The van der Waals surface area contributed by atoms with Crippen LogP contribution in [-0.2, 0) is 9.53 Å². The zero-order chi connectivity index (χ0) is 27.7. The Labute approximate surface area is 247 Å². The number of methoxy groups -OCH3 is 1. The number of hydrogen-bond acceptors (Lipinski definition) is 10. The lowest BCUT2D eigenvalue weighted by Gasteiger charge is -2.26. The van der Waals surface area contributed by atoms with Crippen molar-refractivity contribution in [2.24, 2.45) is 4.99 Å². The standard InChI is InChI=1S/C26H20Br2N4O5S2/c1-4-36-23(34)20-13(2)31-26-32(21(20)16-10-14(27)6-7-18(16)35-3)22(33)19(38-26)12-15-11-17(28)24(37-15)39-25-29-8-5-9-30-25/h5-12,21H,4H2,1-3H3/b19-12-/t21-/m0/s1. The van der Waals surface area contributed by atoms with Crippen LogP contribution in [0.1, 0.15) is 31.2 Å². The lowest BCUT2D eigenvalue weighted by Crippen LogP contribution is -2.40. The van der Waals surface area contributed by atoms with Crippen molar-refractivity contribution in [2.45, 2.75) is 30.1 Å². The third-order valence-corrected chi connectivity index (χ3v) is 8.89. The van der Waals surface area contributed by atoms with E-state index >= 15 is 0 Å². The van der Waals surface area contributed by atoms with Gasteiger partial charge in [0.25, 0.3) is 5.56 Å². The molecule has 0 bridgehead atoms. The number of ether oxygens (including phenoxy) is 2. The fourth-order valence-corrected chi connectivity index (χ4v) is 6.71. The van der Waals surface area contributed by atoms with Crippen LogP contribution in [0.4, 0.5) is 0 Å². The molecule has 39 heavy (non-hydrogen) atoms. The number of rotatable bonds is 7.